The highest BCUT2D eigenvalue weighted by Gasteiger charge is 2.66. The number of sulfonamides is 3. The Morgan fingerprint density at radius 1 is 0.453 bits per heavy atom. The van der Waals surface area contributed by atoms with Crippen LogP contribution in [0.2, 0.25) is 0 Å². The number of carbonyl (C=O) groups excluding carboxylic acids is 15. The first-order valence-corrected chi connectivity index (χ1v) is 55.5. The summed E-state index contributed by atoms with van der Waals surface area (Å²) in [4.78, 5) is 211. The molecule has 42 nitrogen and oxygen atoms in total. The van der Waals surface area contributed by atoms with Crippen LogP contribution in [-0.4, -0.2) is 277 Å². The van der Waals surface area contributed by atoms with Crippen molar-refractivity contribution in [3.63, 3.8) is 0 Å². The number of hydrogen-bond acceptors (Lipinski definition) is 27. The topological polar surface area (TPSA) is 542 Å². The highest BCUT2D eigenvalue weighted by molar-refractivity contribution is 7.91. The lowest BCUT2D eigenvalue weighted by molar-refractivity contribution is -0.155. The summed E-state index contributed by atoms with van der Waals surface area (Å²) in [5.41, 5.74) is 3.68. The number of carbonyl (C=O) groups is 15. The molecule has 6 aliphatic carbocycles. The van der Waals surface area contributed by atoms with Crippen LogP contribution in [0, 0.1) is 23.7 Å². The molecule has 48 heteroatoms. The van der Waals surface area contributed by atoms with Crippen molar-refractivity contribution in [1.82, 2.24) is 75.5 Å². The summed E-state index contributed by atoms with van der Waals surface area (Å²) >= 11 is 0. The molecule has 12 bridgehead atoms. The van der Waals surface area contributed by atoms with Crippen LogP contribution in [0.25, 0.3) is 18.2 Å². The fraction of sp³-hybridized carbons (Fsp3) is 0.559. The molecule has 9 aliphatic heterocycles. The smallest absolute Gasteiger partial charge is 0.410 e. The van der Waals surface area contributed by atoms with Gasteiger partial charge in [-0.2, -0.15) is 13.2 Å². The van der Waals surface area contributed by atoms with Crippen molar-refractivity contribution in [3.05, 3.63) is 161 Å². The summed E-state index contributed by atoms with van der Waals surface area (Å²) in [7, 11) is -11.8. The third-order valence-electron chi connectivity index (χ3n) is 29.7. The summed E-state index contributed by atoms with van der Waals surface area (Å²) < 4.78 is 156. The zero-order chi connectivity index (χ0) is 107. The largest absolute Gasteiger partial charge is 0.450 e. The third kappa shape index (κ3) is 25.2. The maximum absolute atomic E-state index is 14.2. The lowest BCUT2D eigenvalue weighted by Crippen LogP contribution is -2.59. The zero-order valence-electron chi connectivity index (χ0n) is 83.4. The van der Waals surface area contributed by atoms with Crippen molar-refractivity contribution in [2.24, 2.45) is 23.7 Å². The van der Waals surface area contributed by atoms with E-state index in [9.17, 15) is 110 Å². The second-order valence-corrected chi connectivity index (χ2v) is 47.0. The lowest BCUT2D eigenvalue weighted by atomic mass is 10.0. The first kappa shape index (κ1) is 109. The first-order chi connectivity index (χ1) is 71.4. The number of cyclic esters (lactones) is 3. The number of amides is 15. The number of nitrogens with zero attached hydrogens (tertiary/aromatic N) is 6. The molecule has 810 valence electrons. The molecule has 15 atom stereocenters. The molecule has 9 heterocycles. The summed E-state index contributed by atoms with van der Waals surface area (Å²) in [6, 6.07) is 9.04. The number of alkyl halides is 3. The second kappa shape index (κ2) is 45.0. The normalized spacial score (nSPS) is 29.2. The van der Waals surface area contributed by atoms with Gasteiger partial charge >= 0.3 is 42.7 Å². The van der Waals surface area contributed by atoms with Gasteiger partial charge in [-0.1, -0.05) is 143 Å². The summed E-state index contributed by atoms with van der Waals surface area (Å²) in [6.07, 6.45) is 8.61. The van der Waals surface area contributed by atoms with Gasteiger partial charge < -0.3 is 75.0 Å². The van der Waals surface area contributed by atoms with E-state index >= 15 is 0 Å². The van der Waals surface area contributed by atoms with E-state index in [1.165, 1.54) is 32.9 Å². The average Bonchev–Trinajstić information content (AvgIpc) is 1.58. The van der Waals surface area contributed by atoms with Gasteiger partial charge in [0.1, 0.15) is 71.2 Å². The first-order valence-electron chi connectivity index (χ1n) is 50.9. The van der Waals surface area contributed by atoms with Crippen LogP contribution < -0.4 is 46.1 Å². The molecule has 0 spiro atoms. The van der Waals surface area contributed by atoms with Crippen LogP contribution in [0.5, 0.6) is 0 Å². The van der Waals surface area contributed by atoms with Gasteiger partial charge in [0, 0.05) is 56.7 Å². The number of alkyl carbamates (subject to hydrolysis) is 3. The number of halogens is 3. The van der Waals surface area contributed by atoms with Gasteiger partial charge in [-0.05, 0) is 159 Å². The van der Waals surface area contributed by atoms with Crippen molar-refractivity contribution < 1.29 is 139 Å². The monoisotopic (exact) mass is 2150 g/mol. The number of nitrogens with one attached hydrogen (secondary N) is 9. The van der Waals surface area contributed by atoms with E-state index in [0.717, 1.165) is 61.4 Å². The molecular weight excluding hydrogens is 2020 g/mol. The van der Waals surface area contributed by atoms with Crippen LogP contribution in [-0.2, 0) is 141 Å². The standard InChI is InChI=1S/C35H45N5O9S.C34H43N5O9S.C33H38F3N5O9S/c1-3-5-13-28-31(42)40-20-25(17-29(40)30(41)37-35(18-24(35)4-2)32(43)38-50(46,47)26-14-15-26)49-34(45)39-19-23-12-9-11-22(27(23)21-39)10-7-6-8-16-48-33(44)36-28;1-4-23-16-34(23,31(42)37-49(45,46)25-12-13-25)36-29(40)27-15-24-18-39(27)30(41)28(20(2)3)35-32(43)47-14-7-5-6-9-21-10-8-11-22-17-38(19-26(21)22)33(44)48-24;1-2-21-14-32(21,29(44)39-51(47,48)23-10-11-23)38-27(42)26-13-22-17-41(26)28(43)25(15-33(34,35)36)37-30(45)49-12-5-3-4-7-19-8-6-9-20-16-40(18-24(19)20)31(46)50-22/h4,7,9-12,24-26,28-29H,2-3,5-6,8,13-21H2,1H3,(H,36,44)(H,37,41)(H,38,43);4,6,8-11,20,23-25,27-28H,1,5,7,12-19H2,2-3H3,(H,35,43)(H,36,40)(H,37,42);2,4,6-9,21-23,25-26H,1,3,5,10-18H2,(H,37,45)(H,38,42)(H,39,44)/b10-7+;9-6+;7-4+/t24-,25-,28+,29+,35-;23-,24-,27+,28+,34-;21-,22-,25+,26+,32-/m111/s1. The van der Waals surface area contributed by atoms with Gasteiger partial charge in [0.2, 0.25) is 65.5 Å². The predicted molar refractivity (Wildman–Crippen MR) is 531 cm³/mol. The van der Waals surface area contributed by atoms with E-state index in [1.807, 2.05) is 108 Å². The van der Waals surface area contributed by atoms with Crippen LogP contribution in [0.15, 0.2) is 111 Å². The minimum absolute atomic E-state index is 0.0237. The quantitative estimate of drug-likeness (QED) is 0.0322. The highest BCUT2D eigenvalue weighted by Crippen LogP contribution is 2.50. The van der Waals surface area contributed by atoms with Crippen LogP contribution in [0.4, 0.5) is 41.9 Å². The lowest BCUT2D eigenvalue weighted by Gasteiger charge is -2.31. The minimum Gasteiger partial charge on any atom is -0.450 e. The molecule has 15 aliphatic rings. The molecule has 9 fully saturated rings. The van der Waals surface area contributed by atoms with Crippen molar-refractivity contribution in [3.8, 4) is 0 Å². The van der Waals surface area contributed by atoms with E-state index in [1.54, 1.807) is 23.6 Å². The SMILES string of the molecule is C=C[C@@H]1C[C@]1(NC(=O)[C@@H]1C[C@@H]2CN1C(=O)[C@H](C(C)C)NC(=O)OCCC/C=C/c1cccc3c1CN(C3)C(=O)O2)C(=O)NS(=O)(=O)C1CC1.C=C[C@@H]1C[C@]1(NC(=O)[C@@H]1C[C@@H]2CN1C(=O)[C@H](CC(F)(F)F)NC(=O)OCCC/C=C/c1cccc3c1CN(C3)C(=O)O2)C(=O)NS(=O)(=O)C1CC1.C=C[C@@H]1C[C@]1(NC(=O)[C@@H]1C[C@@H]2CN1C(=O)[C@H](CCCC)NC(=O)OCCC/C=C/c1cccc3c1CN(C3)C(=O)O2)C(=O)NS(=O)(=O)C1CC1. The molecule has 18 rings (SSSR count). The van der Waals surface area contributed by atoms with Crippen LogP contribution in [0.3, 0.4) is 0 Å². The second-order valence-electron chi connectivity index (χ2n) is 41.1. The van der Waals surface area contributed by atoms with E-state index in [-0.39, 0.29) is 90.9 Å². The van der Waals surface area contributed by atoms with Gasteiger partial charge in [-0.15, -0.1) is 19.7 Å². The Morgan fingerprint density at radius 3 is 1.07 bits per heavy atom. The molecule has 0 unspecified atom stereocenters. The molecule has 3 aromatic carbocycles. The average molecular weight is 2150 g/mol. The molecule has 0 aromatic heterocycles. The molecule has 6 saturated carbocycles. The molecule has 15 amide bonds. The van der Waals surface area contributed by atoms with Gasteiger partial charge in [0.15, 0.2) is 0 Å². The Kier molecular flexibility index (Phi) is 32.8. The molecule has 3 aromatic rings. The molecule has 0 radical (unpaired) electrons. The molecule has 3 saturated heterocycles. The van der Waals surface area contributed by atoms with Crippen LogP contribution >= 0.6 is 0 Å². The van der Waals surface area contributed by atoms with E-state index < -0.39 is 250 Å². The van der Waals surface area contributed by atoms with E-state index in [0.29, 0.717) is 110 Å². The zero-order valence-corrected chi connectivity index (χ0v) is 85.8. The number of fused-ring (bicyclic) bond motifs is 9. The fourth-order valence-electron chi connectivity index (χ4n) is 20.5. The molecule has 150 heavy (non-hydrogen) atoms. The highest BCUT2D eigenvalue weighted by atomic mass is 32.2. The Labute approximate surface area is 865 Å². The Hall–Kier alpha value is -13.4. The van der Waals surface area contributed by atoms with E-state index in [2.05, 4.69) is 55.8 Å². The minimum atomic E-state index is -4.93. The van der Waals surface area contributed by atoms with E-state index in [4.69, 9.17) is 28.4 Å². The maximum Gasteiger partial charge on any atom is 0.410 e. The van der Waals surface area contributed by atoms with Crippen LogP contribution in [0.1, 0.15) is 212 Å². The number of hydrogen-bond donors (Lipinski definition) is 9. The molecular formula is C102H126F3N15O27S3. The number of allylic oxidation sites excluding steroid dienone is 3. The third-order valence-corrected chi connectivity index (χ3v) is 35.2. The van der Waals surface area contributed by atoms with Gasteiger partial charge in [0.05, 0.1) is 81.3 Å². The number of unbranched alkanes of at least 4 members (excludes halogenated alkanes) is 1. The summed E-state index contributed by atoms with van der Waals surface area (Å²) in [5, 5.41) is 13.2. The Morgan fingerprint density at radius 2 is 0.767 bits per heavy atom. The Bertz CT molecular complexity index is 6330. The van der Waals surface area contributed by atoms with Crippen molar-refractivity contribution in [2.45, 2.75) is 294 Å². The Balaban J connectivity index is 0.000000160. The van der Waals surface area contributed by atoms with Crippen molar-refractivity contribution in [2.75, 3.05) is 39.5 Å². The number of ether oxygens (including phenoxy) is 6. The van der Waals surface area contributed by atoms with Gasteiger partial charge in [-0.3, -0.25) is 72.0 Å². The van der Waals surface area contributed by atoms with Gasteiger partial charge in [-0.25, -0.2) is 54.0 Å². The predicted octanol–water partition coefficient (Wildman–Crippen LogP) is 7.84. The summed E-state index contributed by atoms with van der Waals surface area (Å²) in [6.45, 7) is 17.6. The van der Waals surface area contributed by atoms with Crippen molar-refractivity contribution >= 4 is 138 Å². The maximum atomic E-state index is 14.2. The van der Waals surface area contributed by atoms with Crippen molar-refractivity contribution in [1.29, 1.82) is 0 Å². The number of benzene rings is 3. The molecule has 9 N–H and O–H groups in total. The number of rotatable bonds is 23. The fourth-order valence-corrected chi connectivity index (χ4v) is 24.6. The van der Waals surface area contributed by atoms with Gasteiger partial charge in [0.25, 0.3) is 17.7 Å². The summed E-state index contributed by atoms with van der Waals surface area (Å²) in [5.74, 6) is -9.75.